The van der Waals surface area contributed by atoms with Gasteiger partial charge in [0.05, 0.1) is 21.9 Å². The highest BCUT2D eigenvalue weighted by molar-refractivity contribution is 7.20. The molecule has 0 aliphatic heterocycles. The van der Waals surface area contributed by atoms with Gasteiger partial charge in [0.25, 0.3) is 5.91 Å². The monoisotopic (exact) mass is 343 g/mol. The first-order valence-electron chi connectivity index (χ1n) is 7.79. The molecule has 0 saturated heterocycles. The van der Waals surface area contributed by atoms with E-state index in [0.717, 1.165) is 21.6 Å². The first-order valence-corrected chi connectivity index (χ1v) is 8.60. The van der Waals surface area contributed by atoms with E-state index in [1.54, 1.807) is 25.8 Å². The highest BCUT2D eigenvalue weighted by atomic mass is 32.1. The maximum absolute atomic E-state index is 12.6. The number of thiophene rings is 1. The second kappa shape index (κ2) is 6.03. The van der Waals surface area contributed by atoms with Crippen molar-refractivity contribution in [3.63, 3.8) is 0 Å². The van der Waals surface area contributed by atoms with Gasteiger partial charge in [0.2, 0.25) is 0 Å². The lowest BCUT2D eigenvalue weighted by molar-refractivity contribution is 0.0370. The lowest BCUT2D eigenvalue weighted by atomic mass is 10.1. The molecule has 0 spiro atoms. The molecule has 0 saturated carbocycles. The summed E-state index contributed by atoms with van der Waals surface area (Å²) < 4.78 is 1.88. The third-order valence-corrected chi connectivity index (χ3v) is 4.83. The first-order chi connectivity index (χ1) is 11.3. The van der Waals surface area contributed by atoms with Crippen molar-refractivity contribution in [3.8, 4) is 5.69 Å². The number of likely N-dealkylation sites (N-methyl/N-ethyl adjacent to an activating group) is 1. The average molecular weight is 343 g/mol. The maximum atomic E-state index is 12.6. The Kier molecular flexibility index (Phi) is 4.19. The number of rotatable bonds is 4. The van der Waals surface area contributed by atoms with Crippen molar-refractivity contribution < 1.29 is 9.90 Å². The average Bonchev–Trinajstić information content (AvgIpc) is 3.07. The number of nitrogens with zero attached hydrogens (tertiary/aromatic N) is 3. The van der Waals surface area contributed by atoms with E-state index in [4.69, 9.17) is 0 Å². The van der Waals surface area contributed by atoms with Crippen LogP contribution in [-0.2, 0) is 0 Å². The summed E-state index contributed by atoms with van der Waals surface area (Å²) in [6.45, 7) is 5.62. The SMILES string of the molecule is Cc1nn(-c2ccccc2)c2sc(C(=O)N(C)CC(C)(C)O)cc12. The number of fused-ring (bicyclic) bond motifs is 1. The van der Waals surface area contributed by atoms with E-state index < -0.39 is 5.60 Å². The van der Waals surface area contributed by atoms with Crippen LogP contribution in [0.5, 0.6) is 0 Å². The number of para-hydroxylation sites is 1. The quantitative estimate of drug-likeness (QED) is 0.791. The third-order valence-electron chi connectivity index (χ3n) is 3.73. The molecular weight excluding hydrogens is 322 g/mol. The molecule has 1 amide bonds. The molecule has 0 radical (unpaired) electrons. The van der Waals surface area contributed by atoms with Gasteiger partial charge in [-0.1, -0.05) is 18.2 Å². The van der Waals surface area contributed by atoms with Gasteiger partial charge < -0.3 is 10.0 Å². The summed E-state index contributed by atoms with van der Waals surface area (Å²) in [5.41, 5.74) is 0.952. The van der Waals surface area contributed by atoms with E-state index in [0.29, 0.717) is 4.88 Å². The molecule has 0 aliphatic carbocycles. The standard InChI is InChI=1S/C18H21N3O2S/c1-12-14-10-15(16(22)20(4)11-18(2,3)23)24-17(14)21(19-12)13-8-6-5-7-9-13/h5-10,23H,11H2,1-4H3. The molecule has 5 nitrogen and oxygen atoms in total. The minimum Gasteiger partial charge on any atom is -0.389 e. The molecule has 0 aliphatic rings. The van der Waals surface area contributed by atoms with Crippen molar-refractivity contribution in [3.05, 3.63) is 47.0 Å². The number of hydrogen-bond acceptors (Lipinski definition) is 4. The van der Waals surface area contributed by atoms with Gasteiger partial charge in [-0.15, -0.1) is 11.3 Å². The summed E-state index contributed by atoms with van der Waals surface area (Å²) >= 11 is 1.43. The molecule has 126 valence electrons. The van der Waals surface area contributed by atoms with Gasteiger partial charge in [-0.2, -0.15) is 5.10 Å². The van der Waals surface area contributed by atoms with Crippen molar-refractivity contribution in [2.75, 3.05) is 13.6 Å². The van der Waals surface area contributed by atoms with Crippen LogP contribution in [0.4, 0.5) is 0 Å². The molecule has 0 atom stereocenters. The fourth-order valence-corrected chi connectivity index (χ4v) is 3.91. The molecule has 0 fully saturated rings. The Bertz CT molecular complexity index is 875. The Balaban J connectivity index is 1.99. The zero-order valence-corrected chi connectivity index (χ0v) is 15.1. The van der Waals surface area contributed by atoms with Crippen molar-refractivity contribution >= 4 is 27.5 Å². The number of hydrogen-bond donors (Lipinski definition) is 1. The number of carbonyl (C=O) groups is 1. The van der Waals surface area contributed by atoms with Gasteiger partial charge in [0.1, 0.15) is 4.83 Å². The van der Waals surface area contributed by atoms with Crippen LogP contribution in [0, 0.1) is 6.92 Å². The van der Waals surface area contributed by atoms with Crippen LogP contribution >= 0.6 is 11.3 Å². The van der Waals surface area contributed by atoms with E-state index >= 15 is 0 Å². The molecule has 1 aromatic carbocycles. The van der Waals surface area contributed by atoms with Gasteiger partial charge in [-0.3, -0.25) is 4.79 Å². The zero-order valence-electron chi connectivity index (χ0n) is 14.3. The zero-order chi connectivity index (χ0) is 17.5. The molecule has 24 heavy (non-hydrogen) atoms. The normalized spacial score (nSPS) is 11.9. The summed E-state index contributed by atoms with van der Waals surface area (Å²) in [5.74, 6) is -0.0858. The number of benzene rings is 1. The summed E-state index contributed by atoms with van der Waals surface area (Å²) in [6, 6.07) is 11.8. The summed E-state index contributed by atoms with van der Waals surface area (Å²) in [5, 5.41) is 15.5. The number of aliphatic hydroxyl groups is 1. The molecule has 0 bridgehead atoms. The number of aromatic nitrogens is 2. The molecule has 2 aromatic heterocycles. The Hall–Kier alpha value is -2.18. The minimum absolute atomic E-state index is 0.0858. The van der Waals surface area contributed by atoms with Crippen molar-refractivity contribution in [1.29, 1.82) is 0 Å². The largest absolute Gasteiger partial charge is 0.389 e. The van der Waals surface area contributed by atoms with Crippen LogP contribution < -0.4 is 0 Å². The number of aryl methyl sites for hydroxylation is 1. The Morgan fingerprint density at radius 2 is 2.00 bits per heavy atom. The molecule has 3 rings (SSSR count). The summed E-state index contributed by atoms with van der Waals surface area (Å²) in [7, 11) is 1.71. The van der Waals surface area contributed by atoms with Gasteiger partial charge in [-0.25, -0.2) is 4.68 Å². The van der Waals surface area contributed by atoms with Gasteiger partial charge in [0.15, 0.2) is 0 Å². The third kappa shape index (κ3) is 3.20. The smallest absolute Gasteiger partial charge is 0.263 e. The van der Waals surface area contributed by atoms with E-state index in [1.807, 2.05) is 48.0 Å². The van der Waals surface area contributed by atoms with Crippen LogP contribution in [0.3, 0.4) is 0 Å². The highest BCUT2D eigenvalue weighted by Crippen LogP contribution is 2.31. The highest BCUT2D eigenvalue weighted by Gasteiger charge is 2.23. The van der Waals surface area contributed by atoms with E-state index in [1.165, 1.54) is 11.3 Å². The fraction of sp³-hybridized carbons (Fsp3) is 0.333. The van der Waals surface area contributed by atoms with Crippen LogP contribution in [0.1, 0.15) is 29.2 Å². The predicted molar refractivity (Wildman–Crippen MR) is 96.9 cm³/mol. The number of amides is 1. The fourth-order valence-electron chi connectivity index (χ4n) is 2.74. The molecule has 6 heteroatoms. The van der Waals surface area contributed by atoms with E-state index in [9.17, 15) is 9.90 Å². The molecule has 2 heterocycles. The van der Waals surface area contributed by atoms with Crippen molar-refractivity contribution in [1.82, 2.24) is 14.7 Å². The summed E-state index contributed by atoms with van der Waals surface area (Å²) in [4.78, 5) is 15.8. The van der Waals surface area contributed by atoms with E-state index in [2.05, 4.69) is 5.10 Å². The van der Waals surface area contributed by atoms with Crippen LogP contribution in [0.2, 0.25) is 0 Å². The topological polar surface area (TPSA) is 58.4 Å². The molecule has 1 N–H and O–H groups in total. The Morgan fingerprint density at radius 1 is 1.33 bits per heavy atom. The maximum Gasteiger partial charge on any atom is 0.263 e. The Labute approximate surface area is 145 Å². The van der Waals surface area contributed by atoms with Crippen LogP contribution in [0.25, 0.3) is 15.9 Å². The van der Waals surface area contributed by atoms with Crippen LogP contribution in [0.15, 0.2) is 36.4 Å². The van der Waals surface area contributed by atoms with Gasteiger partial charge in [0, 0.05) is 19.0 Å². The Morgan fingerprint density at radius 3 is 2.62 bits per heavy atom. The van der Waals surface area contributed by atoms with Crippen molar-refractivity contribution in [2.24, 2.45) is 0 Å². The van der Waals surface area contributed by atoms with E-state index in [-0.39, 0.29) is 12.5 Å². The molecule has 0 unspecified atom stereocenters. The second-order valence-electron chi connectivity index (χ2n) is 6.64. The molecular formula is C18H21N3O2S. The second-order valence-corrected chi connectivity index (χ2v) is 7.67. The van der Waals surface area contributed by atoms with Crippen molar-refractivity contribution in [2.45, 2.75) is 26.4 Å². The lowest BCUT2D eigenvalue weighted by Gasteiger charge is -2.25. The van der Waals surface area contributed by atoms with Gasteiger partial charge >= 0.3 is 0 Å². The molecule has 3 aromatic rings. The predicted octanol–water partition coefficient (Wildman–Crippen LogP) is 3.24. The minimum atomic E-state index is -0.919. The first kappa shape index (κ1) is 16.7. The lowest BCUT2D eigenvalue weighted by Crippen LogP contribution is -2.39. The van der Waals surface area contributed by atoms with Crippen LogP contribution in [-0.4, -0.2) is 44.9 Å². The number of carbonyl (C=O) groups excluding carboxylic acids is 1. The summed E-state index contributed by atoms with van der Waals surface area (Å²) in [6.07, 6.45) is 0. The van der Waals surface area contributed by atoms with Gasteiger partial charge in [-0.05, 0) is 39.0 Å².